The van der Waals surface area contributed by atoms with Crippen molar-refractivity contribution in [3.8, 4) is 0 Å². The highest BCUT2D eigenvalue weighted by Gasteiger charge is 2.05. The van der Waals surface area contributed by atoms with Crippen LogP contribution in [0, 0.1) is 19.8 Å². The van der Waals surface area contributed by atoms with Crippen molar-refractivity contribution in [2.24, 2.45) is 5.92 Å². The van der Waals surface area contributed by atoms with Gasteiger partial charge in [-0.15, -0.1) is 0 Å². The number of amides is 1. The van der Waals surface area contributed by atoms with Crippen LogP contribution in [0.1, 0.15) is 37.0 Å². The zero-order valence-electron chi connectivity index (χ0n) is 10.6. The van der Waals surface area contributed by atoms with E-state index in [9.17, 15) is 4.79 Å². The zero-order chi connectivity index (χ0) is 12.1. The monoisotopic (exact) mass is 219 g/mol. The molecule has 0 heterocycles. The molecule has 1 N–H and O–H groups in total. The number of nitrogens with one attached hydrogen (secondary N) is 1. The fraction of sp³-hybridized carbons (Fsp3) is 0.500. The number of carbonyl (C=O) groups excluding carboxylic acids is 1. The number of carbonyl (C=O) groups is 1. The second kappa shape index (κ2) is 5.69. The van der Waals surface area contributed by atoms with Gasteiger partial charge in [-0.05, 0) is 30.9 Å². The molecular weight excluding hydrogens is 198 g/mol. The summed E-state index contributed by atoms with van der Waals surface area (Å²) in [6, 6.07) is 6.32. The van der Waals surface area contributed by atoms with E-state index in [4.69, 9.17) is 0 Å². The van der Waals surface area contributed by atoms with E-state index in [1.807, 2.05) is 0 Å². The topological polar surface area (TPSA) is 29.1 Å². The Bertz CT molecular complexity index is 369. The molecule has 0 saturated carbocycles. The Morgan fingerprint density at radius 3 is 2.62 bits per heavy atom. The Morgan fingerprint density at radius 2 is 2.00 bits per heavy atom. The second-order valence-electron chi connectivity index (χ2n) is 4.80. The van der Waals surface area contributed by atoms with Gasteiger partial charge in [0.05, 0.1) is 0 Å². The Balaban J connectivity index is 2.54. The van der Waals surface area contributed by atoms with Gasteiger partial charge < -0.3 is 5.32 Å². The summed E-state index contributed by atoms with van der Waals surface area (Å²) in [6.45, 7) is 8.89. The van der Waals surface area contributed by atoms with E-state index in [1.54, 1.807) is 0 Å². The molecule has 0 fully saturated rings. The van der Waals surface area contributed by atoms with Crippen LogP contribution in [-0.4, -0.2) is 5.91 Å². The summed E-state index contributed by atoms with van der Waals surface area (Å²) in [5, 5.41) is 2.96. The molecule has 0 atom stereocenters. The molecule has 0 aliphatic heterocycles. The maximum atomic E-state index is 11.5. The Hall–Kier alpha value is -1.31. The SMILES string of the molecule is Cc1ccc(C)c(CNC(=O)CC(C)C)c1. The number of hydrogen-bond acceptors (Lipinski definition) is 1. The van der Waals surface area contributed by atoms with Crippen molar-refractivity contribution in [3.05, 3.63) is 34.9 Å². The predicted octanol–water partition coefficient (Wildman–Crippen LogP) is 2.97. The van der Waals surface area contributed by atoms with Gasteiger partial charge in [0.2, 0.25) is 5.91 Å². The van der Waals surface area contributed by atoms with E-state index in [0.29, 0.717) is 18.9 Å². The minimum atomic E-state index is 0.135. The van der Waals surface area contributed by atoms with Gasteiger partial charge in [0.15, 0.2) is 0 Å². The van der Waals surface area contributed by atoms with Crippen molar-refractivity contribution in [2.75, 3.05) is 0 Å². The van der Waals surface area contributed by atoms with Crippen LogP contribution < -0.4 is 5.32 Å². The van der Waals surface area contributed by atoms with Gasteiger partial charge in [-0.3, -0.25) is 4.79 Å². The van der Waals surface area contributed by atoms with E-state index in [-0.39, 0.29) is 5.91 Å². The van der Waals surface area contributed by atoms with Gasteiger partial charge in [-0.2, -0.15) is 0 Å². The molecule has 1 aromatic rings. The van der Waals surface area contributed by atoms with Gasteiger partial charge >= 0.3 is 0 Å². The molecule has 0 radical (unpaired) electrons. The number of benzene rings is 1. The molecule has 0 aliphatic rings. The molecular formula is C14H21NO. The first-order valence-corrected chi connectivity index (χ1v) is 5.82. The highest BCUT2D eigenvalue weighted by molar-refractivity contribution is 5.76. The summed E-state index contributed by atoms with van der Waals surface area (Å²) in [5.74, 6) is 0.550. The molecule has 16 heavy (non-hydrogen) atoms. The van der Waals surface area contributed by atoms with E-state index >= 15 is 0 Å². The van der Waals surface area contributed by atoms with Gasteiger partial charge in [0.25, 0.3) is 0 Å². The van der Waals surface area contributed by atoms with Gasteiger partial charge in [0, 0.05) is 13.0 Å². The molecule has 2 nitrogen and oxygen atoms in total. The molecule has 88 valence electrons. The number of hydrogen-bond donors (Lipinski definition) is 1. The highest BCUT2D eigenvalue weighted by atomic mass is 16.1. The Labute approximate surface area is 98.1 Å². The second-order valence-corrected chi connectivity index (χ2v) is 4.80. The smallest absolute Gasteiger partial charge is 0.220 e. The van der Waals surface area contributed by atoms with E-state index in [2.05, 4.69) is 51.2 Å². The van der Waals surface area contributed by atoms with E-state index in [0.717, 1.165) is 0 Å². The van der Waals surface area contributed by atoms with Crippen LogP contribution in [-0.2, 0) is 11.3 Å². The van der Waals surface area contributed by atoms with Gasteiger partial charge in [0.1, 0.15) is 0 Å². The maximum Gasteiger partial charge on any atom is 0.220 e. The molecule has 1 rings (SSSR count). The summed E-state index contributed by atoms with van der Waals surface area (Å²) in [5.41, 5.74) is 3.67. The van der Waals surface area contributed by atoms with Crippen molar-refractivity contribution in [1.29, 1.82) is 0 Å². The fourth-order valence-electron chi connectivity index (χ4n) is 1.63. The maximum absolute atomic E-state index is 11.5. The molecule has 0 bridgehead atoms. The van der Waals surface area contributed by atoms with Crippen molar-refractivity contribution < 1.29 is 4.79 Å². The average molecular weight is 219 g/mol. The molecule has 2 heteroatoms. The third-order valence-electron chi connectivity index (χ3n) is 2.57. The fourth-order valence-corrected chi connectivity index (χ4v) is 1.63. The lowest BCUT2D eigenvalue weighted by Gasteiger charge is -2.10. The van der Waals surface area contributed by atoms with Crippen LogP contribution in [0.4, 0.5) is 0 Å². The summed E-state index contributed by atoms with van der Waals surface area (Å²) >= 11 is 0. The van der Waals surface area contributed by atoms with Crippen molar-refractivity contribution in [2.45, 2.75) is 40.7 Å². The zero-order valence-corrected chi connectivity index (χ0v) is 10.6. The third kappa shape index (κ3) is 4.05. The Morgan fingerprint density at radius 1 is 1.31 bits per heavy atom. The van der Waals surface area contributed by atoms with Crippen LogP contribution in [0.5, 0.6) is 0 Å². The van der Waals surface area contributed by atoms with E-state index in [1.165, 1.54) is 16.7 Å². The van der Waals surface area contributed by atoms with Crippen LogP contribution >= 0.6 is 0 Å². The van der Waals surface area contributed by atoms with Gasteiger partial charge in [-0.25, -0.2) is 0 Å². The molecule has 1 amide bonds. The molecule has 0 unspecified atom stereocenters. The van der Waals surface area contributed by atoms with Crippen molar-refractivity contribution >= 4 is 5.91 Å². The normalized spacial score (nSPS) is 10.6. The molecule has 0 spiro atoms. The molecule has 0 saturated heterocycles. The highest BCUT2D eigenvalue weighted by Crippen LogP contribution is 2.10. The largest absolute Gasteiger partial charge is 0.352 e. The van der Waals surface area contributed by atoms with Crippen molar-refractivity contribution in [3.63, 3.8) is 0 Å². The predicted molar refractivity (Wildman–Crippen MR) is 67.2 cm³/mol. The van der Waals surface area contributed by atoms with Crippen LogP contribution in [0.25, 0.3) is 0 Å². The van der Waals surface area contributed by atoms with Crippen LogP contribution in [0.3, 0.4) is 0 Å². The van der Waals surface area contributed by atoms with Crippen LogP contribution in [0.2, 0.25) is 0 Å². The summed E-state index contributed by atoms with van der Waals surface area (Å²) in [7, 11) is 0. The summed E-state index contributed by atoms with van der Waals surface area (Å²) < 4.78 is 0. The standard InChI is InChI=1S/C14H21NO/c1-10(2)7-14(16)15-9-13-8-11(3)5-6-12(13)4/h5-6,8,10H,7,9H2,1-4H3,(H,15,16). The average Bonchev–Trinajstić information content (AvgIpc) is 2.18. The van der Waals surface area contributed by atoms with E-state index < -0.39 is 0 Å². The first-order valence-electron chi connectivity index (χ1n) is 5.82. The number of rotatable bonds is 4. The first kappa shape index (κ1) is 12.8. The summed E-state index contributed by atoms with van der Waals surface area (Å²) in [4.78, 5) is 11.5. The van der Waals surface area contributed by atoms with Crippen molar-refractivity contribution in [1.82, 2.24) is 5.32 Å². The minimum Gasteiger partial charge on any atom is -0.352 e. The first-order chi connectivity index (χ1) is 7.49. The summed E-state index contributed by atoms with van der Waals surface area (Å²) in [6.07, 6.45) is 0.602. The molecule has 0 aromatic heterocycles. The molecule has 1 aromatic carbocycles. The van der Waals surface area contributed by atoms with Crippen LogP contribution in [0.15, 0.2) is 18.2 Å². The lowest BCUT2D eigenvalue weighted by Crippen LogP contribution is -2.24. The van der Waals surface area contributed by atoms with Gasteiger partial charge in [-0.1, -0.05) is 37.6 Å². The lowest BCUT2D eigenvalue weighted by molar-refractivity contribution is -0.121. The number of aryl methyl sites for hydroxylation is 2. The Kier molecular flexibility index (Phi) is 4.53. The molecule has 0 aliphatic carbocycles. The lowest BCUT2D eigenvalue weighted by atomic mass is 10.1. The third-order valence-corrected chi connectivity index (χ3v) is 2.57. The quantitative estimate of drug-likeness (QED) is 0.828. The minimum absolute atomic E-state index is 0.135.